The molecule has 0 spiro atoms. The molecule has 6 heteroatoms. The molecule has 0 radical (unpaired) electrons. The average molecular weight is 325 g/mol. The number of aryl methyl sites for hydroxylation is 1. The summed E-state index contributed by atoms with van der Waals surface area (Å²) in [5.74, 6) is 1.08. The molecule has 1 unspecified atom stereocenters. The summed E-state index contributed by atoms with van der Waals surface area (Å²) >= 11 is 0. The first-order valence-electron chi connectivity index (χ1n) is 8.07. The molecule has 0 aliphatic heterocycles. The van der Waals surface area contributed by atoms with E-state index in [9.17, 15) is 10.1 Å². The molecule has 0 aliphatic carbocycles. The van der Waals surface area contributed by atoms with Gasteiger partial charge in [-0.05, 0) is 36.5 Å². The van der Waals surface area contributed by atoms with Gasteiger partial charge >= 0.3 is 0 Å². The summed E-state index contributed by atoms with van der Waals surface area (Å²) in [6.45, 7) is 4.45. The van der Waals surface area contributed by atoms with Crippen molar-refractivity contribution in [2.75, 3.05) is 0 Å². The molecule has 2 heterocycles. The lowest BCUT2D eigenvalue weighted by molar-refractivity contribution is -0.384. The third kappa shape index (κ3) is 3.42. The van der Waals surface area contributed by atoms with Gasteiger partial charge in [-0.25, -0.2) is 4.98 Å². The van der Waals surface area contributed by atoms with Crippen molar-refractivity contribution >= 4 is 16.8 Å². The quantitative estimate of drug-likeness (QED) is 0.481. The molecule has 24 heavy (non-hydrogen) atoms. The van der Waals surface area contributed by atoms with Crippen LogP contribution in [-0.2, 0) is 6.42 Å². The van der Waals surface area contributed by atoms with Gasteiger partial charge in [0.2, 0.25) is 5.89 Å². The largest absolute Gasteiger partial charge is 0.434 e. The smallest absolute Gasteiger partial charge is 0.273 e. The molecule has 3 aromatic rings. The Morgan fingerprint density at radius 3 is 2.79 bits per heavy atom. The molecule has 0 amide bonds. The topological polar surface area (TPSA) is 82.1 Å². The van der Waals surface area contributed by atoms with Crippen LogP contribution >= 0.6 is 0 Å². The van der Waals surface area contributed by atoms with E-state index >= 15 is 0 Å². The molecule has 0 fully saturated rings. The van der Waals surface area contributed by atoms with Crippen LogP contribution in [0.4, 0.5) is 5.69 Å². The molecule has 0 bridgehead atoms. The first kappa shape index (κ1) is 16.1. The second kappa shape index (κ2) is 6.78. The molecule has 124 valence electrons. The van der Waals surface area contributed by atoms with Gasteiger partial charge in [0.1, 0.15) is 11.2 Å². The third-order valence-corrected chi connectivity index (χ3v) is 4.25. The number of benzene rings is 1. The van der Waals surface area contributed by atoms with Crippen molar-refractivity contribution in [3.63, 3.8) is 0 Å². The molecule has 3 rings (SSSR count). The predicted molar refractivity (Wildman–Crippen MR) is 91.7 cm³/mol. The first-order valence-corrected chi connectivity index (χ1v) is 8.07. The maximum Gasteiger partial charge on any atom is 0.273 e. The van der Waals surface area contributed by atoms with Crippen molar-refractivity contribution in [1.29, 1.82) is 0 Å². The molecule has 0 saturated heterocycles. The average Bonchev–Trinajstić information content (AvgIpc) is 3.03. The van der Waals surface area contributed by atoms with Crippen LogP contribution in [0.2, 0.25) is 0 Å². The zero-order valence-corrected chi connectivity index (χ0v) is 13.7. The monoisotopic (exact) mass is 325 g/mol. The van der Waals surface area contributed by atoms with Gasteiger partial charge in [-0.15, -0.1) is 0 Å². The van der Waals surface area contributed by atoms with Crippen molar-refractivity contribution in [2.45, 2.75) is 33.1 Å². The fourth-order valence-electron chi connectivity index (χ4n) is 2.45. The van der Waals surface area contributed by atoms with E-state index in [2.05, 4.69) is 23.8 Å². The predicted octanol–water partition coefficient (Wildman–Crippen LogP) is 4.78. The molecular formula is C18H19N3O3. The van der Waals surface area contributed by atoms with Crippen LogP contribution in [0.5, 0.6) is 0 Å². The number of hydrogen-bond acceptors (Lipinski definition) is 5. The summed E-state index contributed by atoms with van der Waals surface area (Å²) < 4.78 is 5.62. The van der Waals surface area contributed by atoms with Crippen molar-refractivity contribution < 1.29 is 9.34 Å². The van der Waals surface area contributed by atoms with Gasteiger partial charge in [-0.3, -0.25) is 15.1 Å². The van der Waals surface area contributed by atoms with Gasteiger partial charge in [-0.2, -0.15) is 0 Å². The second-order valence-corrected chi connectivity index (χ2v) is 6.03. The molecule has 0 N–H and O–H groups in total. The van der Waals surface area contributed by atoms with Crippen molar-refractivity contribution in [2.24, 2.45) is 5.92 Å². The summed E-state index contributed by atoms with van der Waals surface area (Å²) in [7, 11) is 0. The van der Waals surface area contributed by atoms with E-state index in [-0.39, 0.29) is 5.69 Å². The van der Waals surface area contributed by atoms with E-state index in [0.29, 0.717) is 28.6 Å². The van der Waals surface area contributed by atoms with Crippen molar-refractivity contribution in [1.82, 2.24) is 9.97 Å². The van der Waals surface area contributed by atoms with Crippen LogP contribution in [0.1, 0.15) is 32.3 Å². The number of pyridine rings is 1. The standard InChI is InChI=1S/C18H19N3O3/c1-3-12(2)4-5-13-6-8-16(19-11-13)18-20-15-9-7-14(21(22)23)10-17(15)24-18/h6-12H,3-5H2,1-2H3. The number of nitrogens with zero attached hydrogens (tertiary/aromatic N) is 3. The minimum Gasteiger partial charge on any atom is -0.434 e. The summed E-state index contributed by atoms with van der Waals surface area (Å²) in [4.78, 5) is 19.1. The third-order valence-electron chi connectivity index (χ3n) is 4.25. The van der Waals surface area contributed by atoms with Gasteiger partial charge in [0.05, 0.1) is 11.0 Å². The molecule has 6 nitrogen and oxygen atoms in total. The van der Waals surface area contributed by atoms with Gasteiger partial charge in [0.15, 0.2) is 5.58 Å². The van der Waals surface area contributed by atoms with E-state index in [1.165, 1.54) is 24.1 Å². The number of hydrogen-bond donors (Lipinski definition) is 0. The molecule has 2 aromatic heterocycles. The fourth-order valence-corrected chi connectivity index (χ4v) is 2.45. The minimum atomic E-state index is -0.452. The lowest BCUT2D eigenvalue weighted by Gasteiger charge is -2.07. The lowest BCUT2D eigenvalue weighted by Crippen LogP contribution is -1.96. The number of nitro groups is 1. The zero-order chi connectivity index (χ0) is 17.1. The highest BCUT2D eigenvalue weighted by atomic mass is 16.6. The Morgan fingerprint density at radius 1 is 1.29 bits per heavy atom. The summed E-state index contributed by atoms with van der Waals surface area (Å²) in [5, 5.41) is 10.8. The minimum absolute atomic E-state index is 0.0152. The summed E-state index contributed by atoms with van der Waals surface area (Å²) in [6, 6.07) is 8.29. The highest BCUT2D eigenvalue weighted by Gasteiger charge is 2.13. The maximum atomic E-state index is 10.8. The summed E-state index contributed by atoms with van der Waals surface area (Å²) in [5.41, 5.74) is 2.77. The molecular weight excluding hydrogens is 306 g/mol. The van der Waals surface area contributed by atoms with E-state index in [1.54, 1.807) is 6.07 Å². The highest BCUT2D eigenvalue weighted by molar-refractivity contribution is 5.78. The Bertz CT molecular complexity index is 856. The van der Waals surface area contributed by atoms with Crippen molar-refractivity contribution in [3.8, 4) is 11.6 Å². The van der Waals surface area contributed by atoms with Crippen LogP contribution < -0.4 is 0 Å². The Balaban J connectivity index is 1.81. The number of rotatable bonds is 6. The van der Waals surface area contributed by atoms with E-state index in [4.69, 9.17) is 4.42 Å². The van der Waals surface area contributed by atoms with E-state index in [1.807, 2.05) is 18.3 Å². The number of non-ortho nitro benzene ring substituents is 1. The van der Waals surface area contributed by atoms with Gasteiger partial charge in [0, 0.05) is 12.3 Å². The van der Waals surface area contributed by atoms with Crippen molar-refractivity contribution in [3.05, 3.63) is 52.2 Å². The van der Waals surface area contributed by atoms with Crippen LogP contribution in [0.15, 0.2) is 40.9 Å². The van der Waals surface area contributed by atoms with E-state index < -0.39 is 4.92 Å². The highest BCUT2D eigenvalue weighted by Crippen LogP contribution is 2.26. The number of aromatic nitrogens is 2. The maximum absolute atomic E-state index is 10.8. The SMILES string of the molecule is CCC(C)CCc1ccc(-c2nc3ccc([N+](=O)[O-])cc3o2)nc1. The molecule has 0 aliphatic rings. The Hall–Kier alpha value is -2.76. The van der Waals surface area contributed by atoms with Gasteiger partial charge in [0.25, 0.3) is 5.69 Å². The molecule has 1 aromatic carbocycles. The Labute approximate surface area is 139 Å². The zero-order valence-electron chi connectivity index (χ0n) is 13.7. The molecule has 0 saturated carbocycles. The first-order chi connectivity index (χ1) is 11.6. The van der Waals surface area contributed by atoms with E-state index in [0.717, 1.165) is 12.8 Å². The number of fused-ring (bicyclic) bond motifs is 1. The van der Waals surface area contributed by atoms with Crippen LogP contribution in [0.3, 0.4) is 0 Å². The lowest BCUT2D eigenvalue weighted by atomic mass is 10.00. The second-order valence-electron chi connectivity index (χ2n) is 6.03. The number of nitro benzene ring substituents is 1. The summed E-state index contributed by atoms with van der Waals surface area (Å²) in [6.07, 6.45) is 5.17. The number of oxazole rings is 1. The normalized spacial score (nSPS) is 12.4. The fraction of sp³-hybridized carbons (Fsp3) is 0.333. The van der Waals surface area contributed by atoms with Crippen LogP contribution in [-0.4, -0.2) is 14.9 Å². The molecule has 1 atom stereocenters. The Kier molecular flexibility index (Phi) is 4.55. The van der Waals surface area contributed by atoms with Gasteiger partial charge < -0.3 is 4.42 Å². The van der Waals surface area contributed by atoms with Gasteiger partial charge in [-0.1, -0.05) is 26.3 Å². The van der Waals surface area contributed by atoms with Crippen LogP contribution in [0, 0.1) is 16.0 Å². The Morgan fingerprint density at radius 2 is 2.12 bits per heavy atom. The van der Waals surface area contributed by atoms with Crippen LogP contribution in [0.25, 0.3) is 22.7 Å².